The molecule has 150 valence electrons. The molecule has 0 aliphatic carbocycles. The molecule has 0 spiro atoms. The number of ether oxygens (including phenoxy) is 1. The zero-order valence-corrected chi connectivity index (χ0v) is 17.1. The zero-order chi connectivity index (χ0) is 19.7. The number of carbonyl (C=O) groups is 1. The number of amides is 1. The number of fused-ring (bicyclic) bond motifs is 3. The molecule has 4 rings (SSSR count). The van der Waals surface area contributed by atoms with Crippen molar-refractivity contribution in [2.24, 2.45) is 18.9 Å². The van der Waals surface area contributed by atoms with Gasteiger partial charge in [-0.25, -0.2) is 0 Å². The average molecular weight is 383 g/mol. The Morgan fingerprint density at radius 3 is 2.79 bits per heavy atom. The molecule has 1 amide bonds. The van der Waals surface area contributed by atoms with Crippen LogP contribution in [0.25, 0.3) is 11.3 Å². The molecular weight excluding hydrogens is 352 g/mol. The van der Waals surface area contributed by atoms with Crippen LogP contribution in [-0.2, 0) is 13.7 Å². The van der Waals surface area contributed by atoms with E-state index in [1.165, 1.54) is 19.5 Å². The molecule has 1 N–H and O–H groups in total. The number of aromatic nitrogens is 2. The molecule has 1 saturated heterocycles. The number of nitrogens with one attached hydrogen (secondary N) is 1. The lowest BCUT2D eigenvalue weighted by Crippen LogP contribution is -2.40. The molecule has 2 aliphatic rings. The highest BCUT2D eigenvalue weighted by molar-refractivity contribution is 5.96. The minimum atomic E-state index is -0.111. The monoisotopic (exact) mass is 382 g/mol. The number of likely N-dealkylation sites (tertiary alicyclic amines) is 1. The topological polar surface area (TPSA) is 59.4 Å². The maximum atomic E-state index is 12.7. The molecule has 0 bridgehead atoms. The van der Waals surface area contributed by atoms with Crippen LogP contribution in [0.4, 0.5) is 0 Å². The second kappa shape index (κ2) is 7.95. The van der Waals surface area contributed by atoms with Gasteiger partial charge in [-0.3, -0.25) is 9.48 Å². The summed E-state index contributed by atoms with van der Waals surface area (Å²) in [5, 5.41) is 7.55. The third-order valence-corrected chi connectivity index (χ3v) is 5.76. The molecule has 6 heteroatoms. The Morgan fingerprint density at radius 1 is 1.25 bits per heavy atom. The Labute approximate surface area is 166 Å². The van der Waals surface area contributed by atoms with Crippen LogP contribution in [0.1, 0.15) is 42.7 Å². The first kappa shape index (κ1) is 19.0. The summed E-state index contributed by atoms with van der Waals surface area (Å²) >= 11 is 0. The number of benzene rings is 1. The highest BCUT2D eigenvalue weighted by Crippen LogP contribution is 2.38. The third kappa shape index (κ3) is 3.78. The van der Waals surface area contributed by atoms with Gasteiger partial charge in [0.1, 0.15) is 12.4 Å². The minimum absolute atomic E-state index is 0.111. The van der Waals surface area contributed by atoms with Crippen molar-refractivity contribution in [3.63, 3.8) is 0 Å². The number of rotatable bonds is 5. The number of aryl methyl sites for hydroxylation is 1. The molecule has 2 atom stereocenters. The predicted molar refractivity (Wildman–Crippen MR) is 109 cm³/mol. The fourth-order valence-corrected chi connectivity index (χ4v) is 4.72. The number of carbonyl (C=O) groups excluding carboxylic acids is 1. The average Bonchev–Trinajstić information content (AvgIpc) is 3.01. The van der Waals surface area contributed by atoms with Crippen molar-refractivity contribution >= 4 is 5.91 Å². The summed E-state index contributed by atoms with van der Waals surface area (Å²) in [6.45, 7) is 9.08. The van der Waals surface area contributed by atoms with Gasteiger partial charge in [0.05, 0.1) is 5.69 Å². The van der Waals surface area contributed by atoms with Gasteiger partial charge in [0, 0.05) is 37.8 Å². The summed E-state index contributed by atoms with van der Waals surface area (Å²) in [5.41, 5.74) is 3.32. The molecule has 1 aromatic heterocycles. The maximum Gasteiger partial charge on any atom is 0.272 e. The lowest BCUT2D eigenvalue weighted by molar-refractivity contribution is 0.0939. The standard InChI is InChI=1S/C22H30N4O2/c1-15-11-16(2)13-26(12-15)10-6-9-23-22(27)20-18-14-28-19-8-5-4-7-17(19)21(18)25(3)24-20/h4-5,7-8,15-16H,6,9-14H2,1-3H3,(H,23,27)/t15-,16-/m0/s1. The Morgan fingerprint density at radius 2 is 2.00 bits per heavy atom. The van der Waals surface area contributed by atoms with Crippen LogP contribution in [0.3, 0.4) is 0 Å². The minimum Gasteiger partial charge on any atom is -0.488 e. The SMILES string of the molecule is C[C@H]1C[C@H](C)CN(CCCNC(=O)c2nn(C)c3c2COc2ccccc2-3)C1. The molecule has 2 aromatic rings. The van der Waals surface area contributed by atoms with Crippen molar-refractivity contribution in [2.45, 2.75) is 33.3 Å². The molecule has 2 aliphatic heterocycles. The quantitative estimate of drug-likeness (QED) is 0.808. The van der Waals surface area contributed by atoms with E-state index in [0.717, 1.165) is 47.4 Å². The van der Waals surface area contributed by atoms with Gasteiger partial charge in [0.15, 0.2) is 5.69 Å². The summed E-state index contributed by atoms with van der Waals surface area (Å²) in [6, 6.07) is 7.90. The van der Waals surface area contributed by atoms with E-state index in [2.05, 4.69) is 29.2 Å². The van der Waals surface area contributed by atoms with E-state index in [-0.39, 0.29) is 5.91 Å². The highest BCUT2D eigenvalue weighted by Gasteiger charge is 2.28. The van der Waals surface area contributed by atoms with Crippen molar-refractivity contribution in [1.82, 2.24) is 20.0 Å². The van der Waals surface area contributed by atoms with Crippen LogP contribution in [0.2, 0.25) is 0 Å². The van der Waals surface area contributed by atoms with Crippen LogP contribution in [-0.4, -0.2) is 46.8 Å². The fraction of sp³-hybridized carbons (Fsp3) is 0.545. The van der Waals surface area contributed by atoms with E-state index in [0.29, 0.717) is 18.8 Å². The summed E-state index contributed by atoms with van der Waals surface area (Å²) in [7, 11) is 1.89. The van der Waals surface area contributed by atoms with E-state index in [1.807, 2.05) is 31.3 Å². The van der Waals surface area contributed by atoms with E-state index in [9.17, 15) is 4.79 Å². The van der Waals surface area contributed by atoms with E-state index in [1.54, 1.807) is 4.68 Å². The van der Waals surface area contributed by atoms with Gasteiger partial charge >= 0.3 is 0 Å². The van der Waals surface area contributed by atoms with E-state index < -0.39 is 0 Å². The molecule has 1 fully saturated rings. The predicted octanol–water partition coefficient (Wildman–Crippen LogP) is 3.08. The van der Waals surface area contributed by atoms with E-state index >= 15 is 0 Å². The van der Waals surface area contributed by atoms with Crippen molar-refractivity contribution < 1.29 is 9.53 Å². The molecule has 0 saturated carbocycles. The summed E-state index contributed by atoms with van der Waals surface area (Å²) < 4.78 is 7.63. The smallest absolute Gasteiger partial charge is 0.272 e. The highest BCUT2D eigenvalue weighted by atomic mass is 16.5. The first-order chi connectivity index (χ1) is 13.5. The molecule has 0 radical (unpaired) electrons. The normalized spacial score (nSPS) is 21.5. The van der Waals surface area contributed by atoms with Gasteiger partial charge in [-0.2, -0.15) is 5.10 Å². The molecule has 1 aromatic carbocycles. The largest absolute Gasteiger partial charge is 0.488 e. The second-order valence-electron chi connectivity index (χ2n) is 8.40. The van der Waals surface area contributed by atoms with Gasteiger partial charge in [0.2, 0.25) is 0 Å². The van der Waals surface area contributed by atoms with Crippen LogP contribution in [0, 0.1) is 11.8 Å². The van der Waals surface area contributed by atoms with Gasteiger partial charge in [0.25, 0.3) is 5.91 Å². The Kier molecular flexibility index (Phi) is 5.40. The number of piperidine rings is 1. The van der Waals surface area contributed by atoms with Gasteiger partial charge in [-0.05, 0) is 43.4 Å². The Balaban J connectivity index is 1.36. The van der Waals surface area contributed by atoms with Crippen LogP contribution >= 0.6 is 0 Å². The maximum absolute atomic E-state index is 12.7. The third-order valence-electron chi connectivity index (χ3n) is 5.76. The molecule has 0 unspecified atom stereocenters. The first-order valence-electron chi connectivity index (χ1n) is 10.3. The Bertz CT molecular complexity index is 850. The van der Waals surface area contributed by atoms with Crippen molar-refractivity contribution in [2.75, 3.05) is 26.2 Å². The van der Waals surface area contributed by atoms with Gasteiger partial charge < -0.3 is 15.0 Å². The lowest BCUT2D eigenvalue weighted by Gasteiger charge is -2.34. The summed E-state index contributed by atoms with van der Waals surface area (Å²) in [4.78, 5) is 15.3. The van der Waals surface area contributed by atoms with Crippen molar-refractivity contribution in [1.29, 1.82) is 0 Å². The van der Waals surface area contributed by atoms with E-state index in [4.69, 9.17) is 4.74 Å². The fourth-order valence-electron chi connectivity index (χ4n) is 4.72. The summed E-state index contributed by atoms with van der Waals surface area (Å²) in [5.74, 6) is 2.26. The van der Waals surface area contributed by atoms with Crippen LogP contribution < -0.4 is 10.1 Å². The molecular formula is C22H30N4O2. The van der Waals surface area contributed by atoms with Crippen molar-refractivity contribution in [3.8, 4) is 17.0 Å². The summed E-state index contributed by atoms with van der Waals surface area (Å²) in [6.07, 6.45) is 2.28. The Hall–Kier alpha value is -2.34. The molecule has 6 nitrogen and oxygen atoms in total. The zero-order valence-electron chi connectivity index (χ0n) is 17.1. The van der Waals surface area contributed by atoms with Gasteiger partial charge in [-0.1, -0.05) is 26.0 Å². The second-order valence-corrected chi connectivity index (χ2v) is 8.40. The molecule has 3 heterocycles. The van der Waals surface area contributed by atoms with Gasteiger partial charge in [-0.15, -0.1) is 0 Å². The van der Waals surface area contributed by atoms with Crippen molar-refractivity contribution in [3.05, 3.63) is 35.5 Å². The van der Waals surface area contributed by atoms with Crippen LogP contribution in [0.5, 0.6) is 5.75 Å². The lowest BCUT2D eigenvalue weighted by atomic mass is 9.92. The number of nitrogens with zero attached hydrogens (tertiary/aromatic N) is 3. The number of hydrogen-bond donors (Lipinski definition) is 1. The van der Waals surface area contributed by atoms with Crippen LogP contribution in [0.15, 0.2) is 24.3 Å². The number of hydrogen-bond acceptors (Lipinski definition) is 4. The first-order valence-corrected chi connectivity index (χ1v) is 10.3. The molecule has 28 heavy (non-hydrogen) atoms. The number of para-hydroxylation sites is 1.